The lowest BCUT2D eigenvalue weighted by molar-refractivity contribution is 0.622. The largest absolute Gasteiger partial charge is 0.314 e. The minimum Gasteiger partial charge on any atom is -0.314 e. The van der Waals surface area contributed by atoms with E-state index in [0.717, 1.165) is 38.4 Å². The molecule has 1 aliphatic rings. The first-order chi connectivity index (χ1) is 9.26. The van der Waals surface area contributed by atoms with Crippen molar-refractivity contribution in [2.75, 3.05) is 6.54 Å². The summed E-state index contributed by atoms with van der Waals surface area (Å²) in [6.07, 6.45) is 10.3. The number of hydrogen-bond donors (Lipinski definition) is 1. The molecule has 106 valence electrons. The fraction of sp³-hybridized carbons (Fsp3) is 0.667. The van der Waals surface area contributed by atoms with Crippen molar-refractivity contribution in [3.63, 3.8) is 0 Å². The summed E-state index contributed by atoms with van der Waals surface area (Å²) >= 11 is 3.68. The van der Waals surface area contributed by atoms with Crippen LogP contribution in [0, 0.1) is 0 Å². The Morgan fingerprint density at radius 3 is 2.79 bits per heavy atom. The van der Waals surface area contributed by atoms with E-state index >= 15 is 0 Å². The number of rotatable bonds is 8. The molecule has 0 amide bonds. The number of halogens is 1. The van der Waals surface area contributed by atoms with Crippen LogP contribution in [-0.4, -0.2) is 22.4 Å². The first-order valence-electron chi connectivity index (χ1n) is 7.38. The lowest BCUT2D eigenvalue weighted by Crippen LogP contribution is -2.16. The Morgan fingerprint density at radius 1 is 1.37 bits per heavy atom. The Kier molecular flexibility index (Phi) is 5.64. The second-order valence-electron chi connectivity index (χ2n) is 5.07. The van der Waals surface area contributed by atoms with Gasteiger partial charge in [0.15, 0.2) is 0 Å². The van der Waals surface area contributed by atoms with Crippen molar-refractivity contribution in [2.24, 2.45) is 0 Å². The van der Waals surface area contributed by atoms with E-state index < -0.39 is 0 Å². The van der Waals surface area contributed by atoms with Crippen LogP contribution in [0.1, 0.15) is 44.5 Å². The van der Waals surface area contributed by atoms with Crippen LogP contribution in [0.5, 0.6) is 0 Å². The average Bonchev–Trinajstić information content (AvgIpc) is 3.19. The molecule has 1 aromatic heterocycles. The summed E-state index contributed by atoms with van der Waals surface area (Å²) in [5, 5.41) is 8.14. The van der Waals surface area contributed by atoms with Gasteiger partial charge in [-0.3, -0.25) is 4.68 Å². The van der Waals surface area contributed by atoms with Crippen LogP contribution < -0.4 is 5.32 Å². The molecule has 2 rings (SSSR count). The molecular formula is C15H24BrN3. The normalized spacial score (nSPS) is 15.5. The van der Waals surface area contributed by atoms with Crippen molar-refractivity contribution in [1.82, 2.24) is 15.1 Å². The van der Waals surface area contributed by atoms with E-state index in [1.54, 1.807) is 0 Å². The first-order valence-corrected chi connectivity index (χ1v) is 8.18. The quantitative estimate of drug-likeness (QED) is 0.586. The van der Waals surface area contributed by atoms with Gasteiger partial charge in [-0.15, -0.1) is 0 Å². The first kappa shape index (κ1) is 14.8. The third-order valence-corrected chi connectivity index (χ3v) is 4.41. The van der Waals surface area contributed by atoms with Crippen molar-refractivity contribution in [2.45, 2.75) is 58.5 Å². The molecule has 0 aliphatic heterocycles. The zero-order valence-electron chi connectivity index (χ0n) is 12.0. The highest BCUT2D eigenvalue weighted by molar-refractivity contribution is 9.10. The van der Waals surface area contributed by atoms with Crippen molar-refractivity contribution in [1.29, 1.82) is 0 Å². The van der Waals surface area contributed by atoms with Crippen molar-refractivity contribution >= 4 is 15.9 Å². The molecule has 0 aromatic carbocycles. The molecule has 0 spiro atoms. The van der Waals surface area contributed by atoms with Gasteiger partial charge in [0.05, 0.1) is 15.9 Å². The van der Waals surface area contributed by atoms with Crippen LogP contribution in [0.2, 0.25) is 0 Å². The van der Waals surface area contributed by atoms with Crippen LogP contribution in [0.25, 0.3) is 0 Å². The maximum Gasteiger partial charge on any atom is 0.0766 e. The molecule has 1 fully saturated rings. The fourth-order valence-electron chi connectivity index (χ4n) is 2.18. The number of nitrogens with zero attached hydrogens (tertiary/aromatic N) is 2. The number of nitrogens with one attached hydrogen (secondary N) is 1. The van der Waals surface area contributed by atoms with E-state index in [0.29, 0.717) is 0 Å². The topological polar surface area (TPSA) is 29.9 Å². The Hall–Kier alpha value is -0.610. The lowest BCUT2D eigenvalue weighted by atomic mass is 10.2. The zero-order valence-corrected chi connectivity index (χ0v) is 13.5. The molecule has 1 aromatic rings. The molecular weight excluding hydrogens is 302 g/mol. The van der Waals surface area contributed by atoms with Gasteiger partial charge in [-0.05, 0) is 55.1 Å². The van der Waals surface area contributed by atoms with Gasteiger partial charge in [-0.25, -0.2) is 0 Å². The second kappa shape index (κ2) is 7.25. The number of hydrogen-bond acceptors (Lipinski definition) is 2. The van der Waals surface area contributed by atoms with Crippen molar-refractivity contribution in [3.8, 4) is 0 Å². The monoisotopic (exact) mass is 325 g/mol. The van der Waals surface area contributed by atoms with Gasteiger partial charge in [0.1, 0.15) is 0 Å². The molecule has 1 aliphatic carbocycles. The van der Waals surface area contributed by atoms with Crippen LogP contribution in [0.15, 0.2) is 16.6 Å². The maximum absolute atomic E-state index is 4.62. The summed E-state index contributed by atoms with van der Waals surface area (Å²) in [7, 11) is 0. The third-order valence-electron chi connectivity index (χ3n) is 3.49. The Bertz CT molecular complexity index is 433. The number of aryl methyl sites for hydroxylation is 2. The molecule has 0 bridgehead atoms. The SMILES string of the molecule is CCc1nn(CC)c(CC=CCCNC2CC2)c1Br. The minimum absolute atomic E-state index is 0.816. The maximum atomic E-state index is 4.62. The predicted molar refractivity (Wildman–Crippen MR) is 83.5 cm³/mol. The van der Waals surface area contributed by atoms with Gasteiger partial charge in [0, 0.05) is 19.0 Å². The van der Waals surface area contributed by atoms with Crippen LogP contribution in [0.3, 0.4) is 0 Å². The minimum atomic E-state index is 0.816. The van der Waals surface area contributed by atoms with E-state index in [2.05, 4.69) is 57.0 Å². The second-order valence-corrected chi connectivity index (χ2v) is 5.86. The van der Waals surface area contributed by atoms with Gasteiger partial charge in [0.2, 0.25) is 0 Å². The molecule has 0 radical (unpaired) electrons. The van der Waals surface area contributed by atoms with Gasteiger partial charge in [-0.2, -0.15) is 5.10 Å². The molecule has 4 heteroatoms. The van der Waals surface area contributed by atoms with Gasteiger partial charge in [0.25, 0.3) is 0 Å². The summed E-state index contributed by atoms with van der Waals surface area (Å²) in [5.41, 5.74) is 2.46. The van der Waals surface area contributed by atoms with E-state index in [1.807, 2.05) is 0 Å². The summed E-state index contributed by atoms with van der Waals surface area (Å²) < 4.78 is 3.30. The van der Waals surface area contributed by atoms with Crippen LogP contribution in [0.4, 0.5) is 0 Å². The number of allylic oxidation sites excluding steroid dienone is 1. The number of aromatic nitrogens is 2. The molecule has 0 unspecified atom stereocenters. The molecule has 0 saturated heterocycles. The third kappa shape index (κ3) is 4.18. The Morgan fingerprint density at radius 2 is 2.16 bits per heavy atom. The average molecular weight is 326 g/mol. The van der Waals surface area contributed by atoms with E-state index in [4.69, 9.17) is 0 Å². The van der Waals surface area contributed by atoms with Gasteiger partial charge < -0.3 is 5.32 Å². The summed E-state index contributed by atoms with van der Waals surface area (Å²) in [6, 6.07) is 0.816. The van der Waals surface area contributed by atoms with E-state index in [-0.39, 0.29) is 0 Å². The van der Waals surface area contributed by atoms with E-state index in [9.17, 15) is 0 Å². The molecule has 3 nitrogen and oxygen atoms in total. The predicted octanol–water partition coefficient (Wildman–Crippen LogP) is 3.47. The zero-order chi connectivity index (χ0) is 13.7. The fourth-order valence-corrected chi connectivity index (χ4v) is 2.91. The highest BCUT2D eigenvalue weighted by Crippen LogP contribution is 2.23. The molecule has 1 N–H and O–H groups in total. The highest BCUT2D eigenvalue weighted by Gasteiger charge is 2.19. The van der Waals surface area contributed by atoms with Crippen molar-refractivity contribution in [3.05, 3.63) is 28.0 Å². The van der Waals surface area contributed by atoms with Crippen LogP contribution in [-0.2, 0) is 19.4 Å². The molecule has 1 saturated carbocycles. The lowest BCUT2D eigenvalue weighted by Gasteiger charge is -2.02. The Labute approximate surface area is 124 Å². The Balaban J connectivity index is 1.83. The van der Waals surface area contributed by atoms with Crippen molar-refractivity contribution < 1.29 is 0 Å². The van der Waals surface area contributed by atoms with E-state index in [1.165, 1.54) is 28.7 Å². The summed E-state index contributed by atoms with van der Waals surface area (Å²) in [5.74, 6) is 0. The smallest absolute Gasteiger partial charge is 0.0766 e. The highest BCUT2D eigenvalue weighted by atomic mass is 79.9. The standard InChI is InChI=1S/C15H24BrN3/c1-3-13-15(16)14(19(4-2)18-13)8-6-5-7-11-17-12-9-10-12/h5-6,12,17H,3-4,7-11H2,1-2H3. The van der Waals surface area contributed by atoms with Gasteiger partial charge in [-0.1, -0.05) is 19.1 Å². The summed E-state index contributed by atoms with van der Waals surface area (Å²) in [6.45, 7) is 6.34. The molecule has 19 heavy (non-hydrogen) atoms. The molecule has 0 atom stereocenters. The molecule has 1 heterocycles. The van der Waals surface area contributed by atoms with Crippen LogP contribution >= 0.6 is 15.9 Å². The summed E-state index contributed by atoms with van der Waals surface area (Å²) in [4.78, 5) is 0. The van der Waals surface area contributed by atoms with Gasteiger partial charge >= 0.3 is 0 Å².